The first-order valence-corrected chi connectivity index (χ1v) is 9.07. The molecule has 2 heterocycles. The first kappa shape index (κ1) is 18.8. The molecular formula is C23H15N5O2. The predicted octanol–water partition coefficient (Wildman–Crippen LogP) is 4.01. The minimum Gasteiger partial charge on any atom is -0.321 e. The Morgan fingerprint density at radius 3 is 2.43 bits per heavy atom. The number of rotatable bonds is 4. The van der Waals surface area contributed by atoms with Gasteiger partial charge in [0.1, 0.15) is 5.69 Å². The van der Waals surface area contributed by atoms with Crippen LogP contribution in [0.2, 0.25) is 0 Å². The lowest BCUT2D eigenvalue weighted by atomic mass is 10.1. The molecule has 7 nitrogen and oxygen atoms in total. The van der Waals surface area contributed by atoms with Crippen LogP contribution in [0.5, 0.6) is 0 Å². The number of fused-ring (bicyclic) bond motifs is 1. The van der Waals surface area contributed by atoms with Crippen molar-refractivity contribution in [3.63, 3.8) is 0 Å². The lowest BCUT2D eigenvalue weighted by Gasteiger charge is -2.09. The molecule has 4 rings (SSSR count). The van der Waals surface area contributed by atoms with Crippen LogP contribution >= 0.6 is 0 Å². The number of aromatic nitrogens is 2. The molecule has 4 aromatic rings. The van der Waals surface area contributed by atoms with E-state index in [0.29, 0.717) is 28.0 Å². The second-order valence-corrected chi connectivity index (χ2v) is 6.41. The summed E-state index contributed by atoms with van der Waals surface area (Å²) in [6.45, 7) is 0. The third-order valence-corrected chi connectivity index (χ3v) is 4.41. The Morgan fingerprint density at radius 1 is 0.833 bits per heavy atom. The van der Waals surface area contributed by atoms with Gasteiger partial charge in [-0.1, -0.05) is 18.2 Å². The van der Waals surface area contributed by atoms with Crippen molar-refractivity contribution in [3.8, 4) is 6.07 Å². The standard InChI is InChI=1S/C23H15N5O2/c24-14-15-6-8-18(9-7-15)27-23(30)20-13-17(10-12-25-20)22(29)28-19-5-1-3-16-4-2-11-26-21(16)19/h1-13H,(H,27,30)(H,28,29). The topological polar surface area (TPSA) is 108 Å². The molecule has 0 aliphatic heterocycles. The highest BCUT2D eigenvalue weighted by Crippen LogP contribution is 2.21. The molecule has 2 amide bonds. The van der Waals surface area contributed by atoms with Crippen LogP contribution in [0, 0.1) is 11.3 Å². The molecule has 2 aromatic heterocycles. The van der Waals surface area contributed by atoms with Crippen molar-refractivity contribution in [3.05, 3.63) is 95.9 Å². The Kier molecular flexibility index (Phi) is 5.14. The first-order chi connectivity index (χ1) is 14.6. The molecule has 2 N–H and O–H groups in total. The molecule has 0 fully saturated rings. The SMILES string of the molecule is N#Cc1ccc(NC(=O)c2cc(C(=O)Nc3cccc4cccnc34)ccn2)cc1. The predicted molar refractivity (Wildman–Crippen MR) is 113 cm³/mol. The average Bonchev–Trinajstić information content (AvgIpc) is 2.80. The highest BCUT2D eigenvalue weighted by molar-refractivity contribution is 6.10. The molecule has 0 saturated carbocycles. The lowest BCUT2D eigenvalue weighted by Crippen LogP contribution is -2.17. The Labute approximate surface area is 172 Å². The molecule has 144 valence electrons. The summed E-state index contributed by atoms with van der Waals surface area (Å²) in [6.07, 6.45) is 3.07. The van der Waals surface area contributed by atoms with Crippen LogP contribution in [0.3, 0.4) is 0 Å². The summed E-state index contributed by atoms with van der Waals surface area (Å²) >= 11 is 0. The van der Waals surface area contributed by atoms with Gasteiger partial charge < -0.3 is 10.6 Å². The summed E-state index contributed by atoms with van der Waals surface area (Å²) in [5, 5.41) is 15.3. The lowest BCUT2D eigenvalue weighted by molar-refractivity contribution is 0.102. The summed E-state index contributed by atoms with van der Waals surface area (Å²) < 4.78 is 0. The maximum absolute atomic E-state index is 12.7. The van der Waals surface area contributed by atoms with Crippen LogP contribution in [0.1, 0.15) is 26.4 Å². The van der Waals surface area contributed by atoms with Gasteiger partial charge in [0.05, 0.1) is 22.8 Å². The third-order valence-electron chi connectivity index (χ3n) is 4.41. The van der Waals surface area contributed by atoms with Crippen LogP contribution in [0.4, 0.5) is 11.4 Å². The van der Waals surface area contributed by atoms with Crippen LogP contribution in [-0.4, -0.2) is 21.8 Å². The molecule has 0 radical (unpaired) electrons. The zero-order chi connectivity index (χ0) is 20.9. The molecular weight excluding hydrogens is 378 g/mol. The van der Waals surface area contributed by atoms with Gasteiger partial charge in [0, 0.05) is 29.0 Å². The molecule has 0 aliphatic carbocycles. The van der Waals surface area contributed by atoms with E-state index in [0.717, 1.165) is 5.39 Å². The highest BCUT2D eigenvalue weighted by atomic mass is 16.2. The van der Waals surface area contributed by atoms with Gasteiger partial charge in [-0.3, -0.25) is 19.6 Å². The van der Waals surface area contributed by atoms with Crippen molar-refractivity contribution in [2.24, 2.45) is 0 Å². The molecule has 0 saturated heterocycles. The van der Waals surface area contributed by atoms with Crippen molar-refractivity contribution in [2.75, 3.05) is 10.6 Å². The number of hydrogen-bond acceptors (Lipinski definition) is 5. The van der Waals surface area contributed by atoms with Gasteiger partial charge >= 0.3 is 0 Å². The van der Waals surface area contributed by atoms with Gasteiger partial charge in [-0.05, 0) is 48.5 Å². The van der Waals surface area contributed by atoms with Gasteiger partial charge in [0.15, 0.2) is 0 Å². The second-order valence-electron chi connectivity index (χ2n) is 6.41. The Hall–Kier alpha value is -4.57. The number of para-hydroxylation sites is 1. The first-order valence-electron chi connectivity index (χ1n) is 9.07. The van der Waals surface area contributed by atoms with Crippen LogP contribution in [-0.2, 0) is 0 Å². The number of carbonyl (C=O) groups is 2. The van der Waals surface area contributed by atoms with E-state index in [9.17, 15) is 9.59 Å². The van der Waals surface area contributed by atoms with Crippen LogP contribution in [0.15, 0.2) is 79.1 Å². The van der Waals surface area contributed by atoms with Crippen molar-refractivity contribution in [2.45, 2.75) is 0 Å². The molecule has 0 bridgehead atoms. The quantitative estimate of drug-likeness (QED) is 0.545. The number of hydrogen-bond donors (Lipinski definition) is 2. The number of nitriles is 1. The molecule has 7 heteroatoms. The molecule has 0 spiro atoms. The van der Waals surface area contributed by atoms with Crippen molar-refractivity contribution in [1.29, 1.82) is 5.26 Å². The largest absolute Gasteiger partial charge is 0.321 e. The number of nitrogens with zero attached hydrogens (tertiary/aromatic N) is 3. The molecule has 2 aromatic carbocycles. The van der Waals surface area contributed by atoms with E-state index in [1.165, 1.54) is 18.3 Å². The van der Waals surface area contributed by atoms with E-state index in [1.54, 1.807) is 36.5 Å². The molecule has 30 heavy (non-hydrogen) atoms. The smallest absolute Gasteiger partial charge is 0.274 e. The fourth-order valence-electron chi connectivity index (χ4n) is 2.92. The van der Waals surface area contributed by atoms with E-state index < -0.39 is 5.91 Å². The van der Waals surface area contributed by atoms with E-state index in [-0.39, 0.29) is 11.6 Å². The Balaban J connectivity index is 1.52. The zero-order valence-electron chi connectivity index (χ0n) is 15.7. The van der Waals surface area contributed by atoms with Gasteiger partial charge in [-0.2, -0.15) is 5.26 Å². The zero-order valence-corrected chi connectivity index (χ0v) is 15.7. The Bertz CT molecular complexity index is 1290. The van der Waals surface area contributed by atoms with E-state index in [1.807, 2.05) is 30.3 Å². The monoisotopic (exact) mass is 393 g/mol. The second kappa shape index (κ2) is 8.20. The number of amides is 2. The number of pyridine rings is 2. The average molecular weight is 393 g/mol. The fourth-order valence-corrected chi connectivity index (χ4v) is 2.92. The summed E-state index contributed by atoms with van der Waals surface area (Å²) in [7, 11) is 0. The summed E-state index contributed by atoms with van der Waals surface area (Å²) in [4.78, 5) is 33.6. The molecule has 0 unspecified atom stereocenters. The number of nitrogens with one attached hydrogen (secondary N) is 2. The van der Waals surface area contributed by atoms with E-state index >= 15 is 0 Å². The molecule has 0 atom stereocenters. The van der Waals surface area contributed by atoms with Gasteiger partial charge in [-0.15, -0.1) is 0 Å². The van der Waals surface area contributed by atoms with Gasteiger partial charge in [0.25, 0.3) is 11.8 Å². The van der Waals surface area contributed by atoms with E-state index in [2.05, 4.69) is 20.6 Å². The fraction of sp³-hybridized carbons (Fsp3) is 0. The summed E-state index contributed by atoms with van der Waals surface area (Å²) in [5.41, 5.74) is 2.68. The van der Waals surface area contributed by atoms with Crippen molar-refractivity contribution < 1.29 is 9.59 Å². The maximum Gasteiger partial charge on any atom is 0.274 e. The third kappa shape index (κ3) is 3.98. The summed E-state index contributed by atoms with van der Waals surface area (Å²) in [5.74, 6) is -0.829. The molecule has 0 aliphatic rings. The highest BCUT2D eigenvalue weighted by Gasteiger charge is 2.13. The number of benzene rings is 2. The minimum atomic E-state index is -0.457. The Morgan fingerprint density at radius 2 is 1.63 bits per heavy atom. The van der Waals surface area contributed by atoms with Gasteiger partial charge in [-0.25, -0.2) is 0 Å². The number of anilines is 2. The maximum atomic E-state index is 12.7. The normalized spacial score (nSPS) is 10.2. The summed E-state index contributed by atoms with van der Waals surface area (Å²) in [6, 6.07) is 20.7. The van der Waals surface area contributed by atoms with Crippen molar-refractivity contribution in [1.82, 2.24) is 9.97 Å². The number of carbonyl (C=O) groups excluding carboxylic acids is 2. The van der Waals surface area contributed by atoms with Crippen molar-refractivity contribution >= 4 is 34.1 Å². The van der Waals surface area contributed by atoms with Gasteiger partial charge in [0.2, 0.25) is 0 Å². The van der Waals surface area contributed by atoms with Crippen LogP contribution < -0.4 is 10.6 Å². The van der Waals surface area contributed by atoms with E-state index in [4.69, 9.17) is 5.26 Å². The van der Waals surface area contributed by atoms with Crippen LogP contribution in [0.25, 0.3) is 10.9 Å². The minimum absolute atomic E-state index is 0.100.